The van der Waals surface area contributed by atoms with Gasteiger partial charge in [0.1, 0.15) is 0 Å². The Hall–Kier alpha value is -0.540. The molecule has 0 amide bonds. The number of nitrogens with one attached hydrogen (secondary N) is 1. The van der Waals surface area contributed by atoms with Crippen molar-refractivity contribution in [3.8, 4) is 0 Å². The number of nitrogens with zero attached hydrogens (tertiary/aromatic N) is 2. The van der Waals surface area contributed by atoms with E-state index in [-0.39, 0.29) is 0 Å². The molecule has 0 saturated heterocycles. The summed E-state index contributed by atoms with van der Waals surface area (Å²) in [7, 11) is 4.19. The molecule has 0 atom stereocenters. The monoisotopic (exact) mass is 185 g/mol. The second kappa shape index (κ2) is 8.08. The van der Waals surface area contributed by atoms with Gasteiger partial charge in [-0.25, -0.2) is 0 Å². The molecular weight excluding hydrogens is 162 g/mol. The molecule has 0 bridgehead atoms. The normalized spacial score (nSPS) is 10.5. The van der Waals surface area contributed by atoms with Gasteiger partial charge in [-0.2, -0.15) is 0 Å². The Morgan fingerprint density at radius 3 is 2.46 bits per heavy atom. The van der Waals surface area contributed by atoms with Crippen molar-refractivity contribution >= 4 is 0 Å². The summed E-state index contributed by atoms with van der Waals surface area (Å²) in [6.45, 7) is 11.2. The van der Waals surface area contributed by atoms with Crippen LogP contribution in [0.3, 0.4) is 0 Å². The lowest BCUT2D eigenvalue weighted by atomic mass is 10.4. The van der Waals surface area contributed by atoms with Gasteiger partial charge in [0.15, 0.2) is 0 Å². The van der Waals surface area contributed by atoms with Crippen molar-refractivity contribution in [2.75, 3.05) is 46.8 Å². The highest BCUT2D eigenvalue weighted by Gasteiger charge is 1.97. The maximum atomic E-state index is 3.71. The van der Waals surface area contributed by atoms with E-state index in [1.54, 1.807) is 0 Å². The molecule has 0 fully saturated rings. The molecule has 0 saturated carbocycles. The van der Waals surface area contributed by atoms with Gasteiger partial charge in [0.2, 0.25) is 0 Å². The maximum Gasteiger partial charge on any atom is 0.0296 e. The van der Waals surface area contributed by atoms with E-state index >= 15 is 0 Å². The Labute approximate surface area is 82.4 Å². The molecule has 3 nitrogen and oxygen atoms in total. The molecule has 78 valence electrons. The Morgan fingerprint density at radius 2 is 1.92 bits per heavy atom. The molecule has 0 unspecified atom stereocenters. The van der Waals surface area contributed by atoms with Crippen LogP contribution in [-0.4, -0.2) is 56.6 Å². The second-order valence-electron chi connectivity index (χ2n) is 3.32. The van der Waals surface area contributed by atoms with Crippen molar-refractivity contribution in [2.45, 2.75) is 6.92 Å². The lowest BCUT2D eigenvalue weighted by molar-refractivity contribution is 0.295. The molecule has 0 aliphatic carbocycles. The van der Waals surface area contributed by atoms with Crippen molar-refractivity contribution in [1.82, 2.24) is 15.1 Å². The molecule has 0 aliphatic heterocycles. The van der Waals surface area contributed by atoms with E-state index in [4.69, 9.17) is 0 Å². The van der Waals surface area contributed by atoms with Crippen molar-refractivity contribution in [2.24, 2.45) is 0 Å². The van der Waals surface area contributed by atoms with E-state index in [0.717, 1.165) is 32.7 Å². The number of hydrogen-bond donors (Lipinski definition) is 1. The van der Waals surface area contributed by atoms with Gasteiger partial charge in [0, 0.05) is 33.2 Å². The first kappa shape index (κ1) is 12.5. The molecule has 13 heavy (non-hydrogen) atoms. The van der Waals surface area contributed by atoms with Gasteiger partial charge in [0.25, 0.3) is 0 Å². The highest BCUT2D eigenvalue weighted by atomic mass is 15.2. The van der Waals surface area contributed by atoms with Crippen LogP contribution in [0.4, 0.5) is 0 Å². The first-order chi connectivity index (χ1) is 6.20. The van der Waals surface area contributed by atoms with E-state index in [1.165, 1.54) is 0 Å². The lowest BCUT2D eigenvalue weighted by Crippen LogP contribution is -2.33. The molecule has 0 radical (unpaired) electrons. The second-order valence-corrected chi connectivity index (χ2v) is 3.32. The predicted octanol–water partition coefficient (Wildman–Crippen LogP) is 0.603. The highest BCUT2D eigenvalue weighted by Crippen LogP contribution is 1.85. The first-order valence-corrected chi connectivity index (χ1v) is 4.92. The fourth-order valence-corrected chi connectivity index (χ4v) is 0.978. The van der Waals surface area contributed by atoms with E-state index in [1.807, 2.05) is 13.2 Å². The third-order valence-electron chi connectivity index (χ3n) is 2.07. The SMILES string of the molecule is C=CN(C)CCN(C)CCNCC. The Balaban J connectivity index is 3.29. The van der Waals surface area contributed by atoms with Gasteiger partial charge < -0.3 is 15.1 Å². The van der Waals surface area contributed by atoms with Crippen molar-refractivity contribution < 1.29 is 0 Å². The highest BCUT2D eigenvalue weighted by molar-refractivity contribution is 4.67. The zero-order valence-electron chi connectivity index (χ0n) is 9.21. The molecule has 0 heterocycles. The quantitative estimate of drug-likeness (QED) is 0.559. The summed E-state index contributed by atoms with van der Waals surface area (Å²) in [5.41, 5.74) is 0. The summed E-state index contributed by atoms with van der Waals surface area (Å²) in [4.78, 5) is 4.42. The fourth-order valence-electron chi connectivity index (χ4n) is 0.978. The van der Waals surface area contributed by atoms with Crippen molar-refractivity contribution in [1.29, 1.82) is 0 Å². The topological polar surface area (TPSA) is 18.5 Å². The third-order valence-corrected chi connectivity index (χ3v) is 2.07. The minimum Gasteiger partial charge on any atom is -0.380 e. The Kier molecular flexibility index (Phi) is 7.74. The number of rotatable bonds is 8. The van der Waals surface area contributed by atoms with Crippen LogP contribution in [0.5, 0.6) is 0 Å². The van der Waals surface area contributed by atoms with E-state index in [9.17, 15) is 0 Å². The number of likely N-dealkylation sites (N-methyl/N-ethyl adjacent to an activating group) is 3. The minimum absolute atomic E-state index is 1.05. The minimum atomic E-state index is 1.05. The fraction of sp³-hybridized carbons (Fsp3) is 0.800. The van der Waals surface area contributed by atoms with Crippen LogP contribution in [-0.2, 0) is 0 Å². The average molecular weight is 185 g/mol. The van der Waals surface area contributed by atoms with Crippen LogP contribution < -0.4 is 5.32 Å². The molecule has 0 spiro atoms. The molecule has 3 heteroatoms. The van der Waals surface area contributed by atoms with Crippen LogP contribution >= 0.6 is 0 Å². The summed E-state index contributed by atoms with van der Waals surface area (Å²) < 4.78 is 0. The van der Waals surface area contributed by atoms with Crippen molar-refractivity contribution in [3.63, 3.8) is 0 Å². The van der Waals surface area contributed by atoms with Crippen LogP contribution in [0.2, 0.25) is 0 Å². The molecule has 0 aromatic heterocycles. The zero-order chi connectivity index (χ0) is 10.1. The Bertz CT molecular complexity index is 125. The van der Waals surface area contributed by atoms with E-state index in [2.05, 4.69) is 35.7 Å². The summed E-state index contributed by atoms with van der Waals surface area (Å²) in [5.74, 6) is 0. The summed E-state index contributed by atoms with van der Waals surface area (Å²) >= 11 is 0. The van der Waals surface area contributed by atoms with Crippen LogP contribution in [0.15, 0.2) is 12.8 Å². The van der Waals surface area contributed by atoms with Gasteiger partial charge in [-0.05, 0) is 19.8 Å². The molecular formula is C10H23N3. The maximum absolute atomic E-state index is 3.71. The van der Waals surface area contributed by atoms with Gasteiger partial charge in [0.05, 0.1) is 0 Å². The predicted molar refractivity (Wildman–Crippen MR) is 58.9 cm³/mol. The van der Waals surface area contributed by atoms with E-state index < -0.39 is 0 Å². The summed E-state index contributed by atoms with van der Waals surface area (Å²) in [6, 6.07) is 0. The van der Waals surface area contributed by atoms with Crippen LogP contribution in [0.25, 0.3) is 0 Å². The summed E-state index contributed by atoms with van der Waals surface area (Å²) in [5, 5.41) is 3.31. The number of hydrogen-bond acceptors (Lipinski definition) is 3. The summed E-state index contributed by atoms with van der Waals surface area (Å²) in [6.07, 6.45) is 1.86. The molecule has 0 aromatic rings. The van der Waals surface area contributed by atoms with Crippen LogP contribution in [0, 0.1) is 0 Å². The smallest absolute Gasteiger partial charge is 0.0296 e. The van der Waals surface area contributed by atoms with Crippen molar-refractivity contribution in [3.05, 3.63) is 12.8 Å². The first-order valence-electron chi connectivity index (χ1n) is 4.92. The lowest BCUT2D eigenvalue weighted by Gasteiger charge is -2.20. The van der Waals surface area contributed by atoms with Gasteiger partial charge >= 0.3 is 0 Å². The zero-order valence-corrected chi connectivity index (χ0v) is 9.21. The third kappa shape index (κ3) is 7.81. The molecule has 1 N–H and O–H groups in total. The van der Waals surface area contributed by atoms with Crippen LogP contribution in [0.1, 0.15) is 6.92 Å². The molecule has 0 rings (SSSR count). The standard InChI is InChI=1S/C10H23N3/c1-5-11-7-8-13(4)10-9-12(3)6-2/h6,11H,2,5,7-10H2,1,3-4H3. The molecule has 0 aliphatic rings. The largest absolute Gasteiger partial charge is 0.380 e. The molecule has 0 aromatic carbocycles. The average Bonchev–Trinajstić information content (AvgIpc) is 2.14. The van der Waals surface area contributed by atoms with Gasteiger partial charge in [-0.15, -0.1) is 0 Å². The Morgan fingerprint density at radius 1 is 1.23 bits per heavy atom. The van der Waals surface area contributed by atoms with Gasteiger partial charge in [-0.3, -0.25) is 0 Å². The van der Waals surface area contributed by atoms with E-state index in [0.29, 0.717) is 0 Å². The van der Waals surface area contributed by atoms with Gasteiger partial charge in [-0.1, -0.05) is 13.5 Å².